The number of hydrogen-bond donors (Lipinski definition) is 2. The van der Waals surface area contributed by atoms with Crippen LogP contribution in [0.3, 0.4) is 0 Å². The van der Waals surface area contributed by atoms with Gasteiger partial charge in [-0.05, 0) is 22.8 Å². The molecule has 1 aromatic heterocycles. The second-order valence-corrected chi connectivity index (χ2v) is 10.3. The van der Waals surface area contributed by atoms with Gasteiger partial charge >= 0.3 is 5.97 Å². The first-order valence-electron chi connectivity index (χ1n) is 13.0. The average Bonchev–Trinajstić information content (AvgIpc) is 2.94. The number of carbonyl (C=O) groups excluding carboxylic acids is 2. The molecule has 0 unspecified atom stereocenters. The van der Waals surface area contributed by atoms with E-state index in [0.717, 1.165) is 42.5 Å². The molecule has 6 rings (SSSR count). The van der Waals surface area contributed by atoms with Gasteiger partial charge in [0.05, 0.1) is 32.6 Å². The number of benzene rings is 2. The minimum Gasteiger partial charge on any atom is -0.453 e. The summed E-state index contributed by atoms with van der Waals surface area (Å²) < 4.78 is 6.95. The lowest BCUT2D eigenvalue weighted by molar-refractivity contribution is -0.945. The van der Waals surface area contributed by atoms with Gasteiger partial charge < -0.3 is 19.6 Å². The van der Waals surface area contributed by atoms with Crippen molar-refractivity contribution in [3.05, 3.63) is 102 Å². The third-order valence-electron chi connectivity index (χ3n) is 7.97. The zero-order chi connectivity index (χ0) is 25.7. The Bertz CT molecular complexity index is 1160. The summed E-state index contributed by atoms with van der Waals surface area (Å²) in [6.07, 6.45) is 5.39. The highest BCUT2D eigenvalue weighted by atomic mass is 16.6. The highest BCUT2D eigenvalue weighted by Crippen LogP contribution is 2.38. The highest BCUT2D eigenvalue weighted by Gasteiger charge is 2.50. The minimum absolute atomic E-state index is 0.0168. The van der Waals surface area contributed by atoms with Crippen LogP contribution in [-0.4, -0.2) is 65.3 Å². The summed E-state index contributed by atoms with van der Waals surface area (Å²) in [6.45, 7) is 4.09. The molecule has 3 fully saturated rings. The predicted octanol–water partition coefficient (Wildman–Crippen LogP) is 2.83. The smallest absolute Gasteiger partial charge is 0.348 e. The van der Waals surface area contributed by atoms with Crippen molar-refractivity contribution in [3.63, 3.8) is 0 Å². The van der Waals surface area contributed by atoms with Gasteiger partial charge in [0, 0.05) is 31.2 Å². The third kappa shape index (κ3) is 5.43. The molecule has 2 bridgehead atoms. The normalized spacial score (nSPS) is 22.8. The Kier molecular flexibility index (Phi) is 7.35. The fraction of sp³-hybridized carbons (Fsp3) is 0.367. The van der Waals surface area contributed by atoms with Crippen LogP contribution in [0.4, 0.5) is 0 Å². The molecule has 0 radical (unpaired) electrons. The Morgan fingerprint density at radius 1 is 0.973 bits per heavy atom. The number of aliphatic hydroxyl groups is 1. The fourth-order valence-corrected chi connectivity index (χ4v) is 5.84. The number of esters is 1. The molecule has 3 aliphatic heterocycles. The van der Waals surface area contributed by atoms with Crippen LogP contribution in [0.5, 0.6) is 0 Å². The van der Waals surface area contributed by atoms with E-state index in [9.17, 15) is 14.7 Å². The van der Waals surface area contributed by atoms with Gasteiger partial charge in [0.25, 0.3) is 0 Å². The Labute approximate surface area is 217 Å². The molecule has 4 heterocycles. The van der Waals surface area contributed by atoms with Crippen molar-refractivity contribution in [1.82, 2.24) is 10.3 Å². The van der Waals surface area contributed by atoms with E-state index in [-0.39, 0.29) is 12.0 Å². The van der Waals surface area contributed by atoms with Gasteiger partial charge in [-0.25, -0.2) is 4.79 Å². The van der Waals surface area contributed by atoms with Crippen LogP contribution in [0.25, 0.3) is 0 Å². The van der Waals surface area contributed by atoms with Crippen molar-refractivity contribution < 1.29 is 23.9 Å². The summed E-state index contributed by atoms with van der Waals surface area (Å²) in [5, 5.41) is 14.8. The number of pyridine rings is 1. The summed E-state index contributed by atoms with van der Waals surface area (Å²) in [4.78, 5) is 30.1. The number of carbonyl (C=O) groups is 2. The zero-order valence-corrected chi connectivity index (χ0v) is 21.0. The maximum Gasteiger partial charge on any atom is 0.348 e. The first kappa shape index (κ1) is 25.1. The number of nitrogens with zero attached hydrogens (tertiary/aromatic N) is 2. The number of nitrogens with one attached hydrogen (secondary N) is 1. The third-order valence-corrected chi connectivity index (χ3v) is 7.97. The van der Waals surface area contributed by atoms with Crippen LogP contribution in [0.2, 0.25) is 0 Å². The van der Waals surface area contributed by atoms with Crippen LogP contribution in [-0.2, 0) is 26.3 Å². The van der Waals surface area contributed by atoms with Crippen molar-refractivity contribution in [2.45, 2.75) is 31.0 Å². The number of piperidine rings is 3. The van der Waals surface area contributed by atoms with Crippen LogP contribution < -0.4 is 5.32 Å². The van der Waals surface area contributed by atoms with Gasteiger partial charge in [0.15, 0.2) is 6.10 Å². The van der Waals surface area contributed by atoms with E-state index in [1.807, 2.05) is 48.5 Å². The van der Waals surface area contributed by atoms with Gasteiger partial charge in [-0.1, -0.05) is 66.7 Å². The predicted molar refractivity (Wildman–Crippen MR) is 139 cm³/mol. The van der Waals surface area contributed by atoms with E-state index in [2.05, 4.69) is 10.3 Å². The fourth-order valence-electron chi connectivity index (χ4n) is 5.84. The van der Waals surface area contributed by atoms with Crippen LogP contribution in [0, 0.1) is 5.92 Å². The summed E-state index contributed by atoms with van der Waals surface area (Å²) in [6, 6.07) is 21.7. The molecule has 7 nitrogen and oxygen atoms in total. The molecular weight excluding hydrogens is 466 g/mol. The van der Waals surface area contributed by atoms with Crippen molar-refractivity contribution in [2.24, 2.45) is 5.92 Å². The van der Waals surface area contributed by atoms with Crippen molar-refractivity contribution in [1.29, 1.82) is 0 Å². The monoisotopic (exact) mass is 500 g/mol. The summed E-state index contributed by atoms with van der Waals surface area (Å²) >= 11 is 0. The number of fused-ring (bicyclic) bond motifs is 3. The Morgan fingerprint density at radius 3 is 2.22 bits per heavy atom. The first-order valence-corrected chi connectivity index (χ1v) is 13.0. The van der Waals surface area contributed by atoms with Gasteiger partial charge in [0.1, 0.15) is 6.54 Å². The van der Waals surface area contributed by atoms with Gasteiger partial charge in [-0.3, -0.25) is 9.78 Å². The minimum atomic E-state index is -1.88. The SMILES string of the molecule is O=C(Cc1cccnc1)NCC[N+]12CCC(CC1)[C@@H](OC(=O)C(O)(c1ccccc1)c1ccccc1)C2. The molecular formula is C30H34N3O4+. The second kappa shape index (κ2) is 10.8. The lowest BCUT2D eigenvalue weighted by Crippen LogP contribution is -2.66. The molecule has 2 aromatic carbocycles. The topological polar surface area (TPSA) is 88.5 Å². The number of amides is 1. The molecule has 192 valence electrons. The Morgan fingerprint density at radius 2 is 1.62 bits per heavy atom. The molecule has 3 aromatic rings. The molecule has 1 amide bonds. The van der Waals surface area contributed by atoms with E-state index in [4.69, 9.17) is 4.74 Å². The number of aromatic nitrogens is 1. The number of quaternary nitrogens is 1. The molecule has 0 saturated carbocycles. The molecule has 0 aliphatic carbocycles. The molecule has 3 aliphatic rings. The molecule has 0 spiro atoms. The van der Waals surface area contributed by atoms with E-state index >= 15 is 0 Å². The number of hydrogen-bond acceptors (Lipinski definition) is 5. The van der Waals surface area contributed by atoms with Crippen molar-refractivity contribution >= 4 is 11.9 Å². The van der Waals surface area contributed by atoms with E-state index < -0.39 is 11.6 Å². The first-order chi connectivity index (χ1) is 18.0. The van der Waals surface area contributed by atoms with Crippen LogP contribution in [0.15, 0.2) is 85.2 Å². The number of rotatable bonds is 9. The lowest BCUT2D eigenvalue weighted by atomic mass is 9.82. The van der Waals surface area contributed by atoms with Gasteiger partial charge in [-0.15, -0.1) is 0 Å². The summed E-state index contributed by atoms with van der Waals surface area (Å²) in [7, 11) is 0. The molecule has 1 atom stereocenters. The van der Waals surface area contributed by atoms with E-state index in [0.29, 0.717) is 36.6 Å². The molecule has 37 heavy (non-hydrogen) atoms. The maximum absolute atomic E-state index is 13.7. The molecule has 3 saturated heterocycles. The van der Waals surface area contributed by atoms with E-state index in [1.165, 1.54) is 0 Å². The summed E-state index contributed by atoms with van der Waals surface area (Å²) in [5.41, 5.74) is 0.00198. The van der Waals surface area contributed by atoms with Gasteiger partial charge in [-0.2, -0.15) is 0 Å². The lowest BCUT2D eigenvalue weighted by Gasteiger charge is -2.52. The highest BCUT2D eigenvalue weighted by molar-refractivity contribution is 5.85. The van der Waals surface area contributed by atoms with Crippen LogP contribution >= 0.6 is 0 Å². The summed E-state index contributed by atoms with van der Waals surface area (Å²) in [5.74, 6) is -0.358. The second-order valence-electron chi connectivity index (χ2n) is 10.3. The van der Waals surface area contributed by atoms with E-state index in [1.54, 1.807) is 36.7 Å². The average molecular weight is 501 g/mol. The quantitative estimate of drug-likeness (QED) is 0.349. The number of ether oxygens (including phenoxy) is 1. The van der Waals surface area contributed by atoms with Crippen LogP contribution in [0.1, 0.15) is 29.5 Å². The largest absolute Gasteiger partial charge is 0.453 e. The zero-order valence-electron chi connectivity index (χ0n) is 21.0. The maximum atomic E-state index is 13.7. The molecule has 2 N–H and O–H groups in total. The Hall–Kier alpha value is -3.55. The van der Waals surface area contributed by atoms with Gasteiger partial charge in [0.2, 0.25) is 11.5 Å². The van der Waals surface area contributed by atoms with Crippen molar-refractivity contribution in [3.8, 4) is 0 Å². The standard InChI is InChI=1S/C30H33N3O4/c34-28(20-23-8-7-15-31-21-23)32-16-19-33-17-13-24(14-18-33)27(22-33)37-29(35)30(36,25-9-3-1-4-10-25)26-11-5-2-6-12-26/h1-12,15,21,24,27,36H,13-14,16-20,22H2/p+1/t24?,27-,33?/m0/s1. The molecule has 7 heteroatoms. The Balaban J connectivity index is 1.24. The van der Waals surface area contributed by atoms with Crippen molar-refractivity contribution in [2.75, 3.05) is 32.7 Å².